The van der Waals surface area contributed by atoms with Crippen molar-refractivity contribution in [1.82, 2.24) is 0 Å². The van der Waals surface area contributed by atoms with Crippen LogP contribution in [0.4, 0.5) is 0 Å². The van der Waals surface area contributed by atoms with E-state index in [4.69, 9.17) is 0 Å². The highest BCUT2D eigenvalue weighted by Crippen LogP contribution is 2.28. The van der Waals surface area contributed by atoms with Crippen LogP contribution in [0.3, 0.4) is 0 Å². The monoisotopic (exact) mass is 392 g/mol. The van der Waals surface area contributed by atoms with Crippen LogP contribution >= 0.6 is 0 Å². The van der Waals surface area contributed by atoms with E-state index >= 15 is 0 Å². The van der Waals surface area contributed by atoms with Crippen molar-refractivity contribution >= 4 is 5.57 Å². The predicted molar refractivity (Wildman–Crippen MR) is 137 cm³/mol. The molecule has 0 heteroatoms. The number of benzene rings is 2. The smallest absolute Gasteiger partial charge is 0.0178 e. The van der Waals surface area contributed by atoms with Crippen molar-refractivity contribution in [3.8, 4) is 11.1 Å². The van der Waals surface area contributed by atoms with Crippen LogP contribution in [0.15, 0.2) is 85.0 Å². The Kier molecular flexibility index (Phi) is 18.9. The molecule has 3 rings (SSSR count). The lowest BCUT2D eigenvalue weighted by molar-refractivity contribution is 0.740. The van der Waals surface area contributed by atoms with E-state index in [1.54, 1.807) is 0 Å². The molecule has 0 radical (unpaired) electrons. The molecule has 1 aliphatic rings. The van der Waals surface area contributed by atoms with Crippen LogP contribution < -0.4 is 0 Å². The Bertz CT molecular complexity index is 698. The molecule has 1 atom stereocenters. The van der Waals surface area contributed by atoms with E-state index in [1.807, 2.05) is 55.4 Å². The Morgan fingerprint density at radius 1 is 0.759 bits per heavy atom. The van der Waals surface area contributed by atoms with Gasteiger partial charge in [-0.05, 0) is 54.5 Å². The SMILES string of the molecule is C=C(C)C.CC.CC.CC.CC1C=C(c2cccc(-c3ccccc3)c2)C=CC1. The Hall–Kier alpha value is -2.34. The van der Waals surface area contributed by atoms with Gasteiger partial charge in [0.2, 0.25) is 0 Å². The van der Waals surface area contributed by atoms with Crippen LogP contribution in [0, 0.1) is 5.92 Å². The fourth-order valence-corrected chi connectivity index (χ4v) is 2.54. The van der Waals surface area contributed by atoms with Crippen molar-refractivity contribution < 1.29 is 0 Å². The van der Waals surface area contributed by atoms with E-state index in [0.29, 0.717) is 5.92 Å². The summed E-state index contributed by atoms with van der Waals surface area (Å²) in [6.07, 6.45) is 8.03. The molecule has 2 aromatic carbocycles. The number of rotatable bonds is 2. The zero-order chi connectivity index (χ0) is 22.7. The Morgan fingerprint density at radius 2 is 1.24 bits per heavy atom. The maximum Gasteiger partial charge on any atom is -0.0178 e. The van der Waals surface area contributed by atoms with Gasteiger partial charge in [0.05, 0.1) is 0 Å². The molecule has 0 aliphatic heterocycles. The largest absolute Gasteiger partial charge is 0.100 e. The fourth-order valence-electron chi connectivity index (χ4n) is 2.54. The summed E-state index contributed by atoms with van der Waals surface area (Å²) in [5, 5.41) is 0. The lowest BCUT2D eigenvalue weighted by Gasteiger charge is -2.13. The summed E-state index contributed by atoms with van der Waals surface area (Å²) >= 11 is 0. The van der Waals surface area contributed by atoms with Crippen molar-refractivity contribution in [2.24, 2.45) is 5.92 Å². The van der Waals surface area contributed by atoms with E-state index in [1.165, 1.54) is 27.8 Å². The van der Waals surface area contributed by atoms with Gasteiger partial charge in [0.1, 0.15) is 0 Å². The summed E-state index contributed by atoms with van der Waals surface area (Å²) in [6.45, 7) is 21.8. The van der Waals surface area contributed by atoms with Crippen LogP contribution in [-0.4, -0.2) is 0 Å². The summed E-state index contributed by atoms with van der Waals surface area (Å²) in [5.74, 6) is 0.639. The predicted octanol–water partition coefficient (Wildman–Crippen LogP) is 9.99. The lowest BCUT2D eigenvalue weighted by atomic mass is 9.92. The second kappa shape index (κ2) is 19.0. The van der Waals surface area contributed by atoms with Crippen molar-refractivity contribution in [2.75, 3.05) is 0 Å². The van der Waals surface area contributed by atoms with Crippen molar-refractivity contribution in [2.45, 2.75) is 68.7 Å². The molecule has 160 valence electrons. The van der Waals surface area contributed by atoms with Gasteiger partial charge in [-0.3, -0.25) is 0 Å². The zero-order valence-corrected chi connectivity index (χ0v) is 20.4. The third kappa shape index (κ3) is 12.7. The molecule has 0 nitrogen and oxygen atoms in total. The maximum absolute atomic E-state index is 3.56. The molecule has 1 aliphatic carbocycles. The standard InChI is InChI=1S/C19H18.C4H8.3C2H6/c1-15-7-5-10-17(13-15)19-12-6-11-18(14-19)16-8-3-2-4-9-16;1-4(2)3;3*1-2/h2-6,8-15H,7H2,1H3;1H2,2-3H3;3*1-2H3. The van der Waals surface area contributed by atoms with E-state index in [-0.39, 0.29) is 0 Å². The topological polar surface area (TPSA) is 0 Å². The number of allylic oxidation sites excluding steroid dienone is 5. The molecule has 0 aromatic heterocycles. The van der Waals surface area contributed by atoms with E-state index in [2.05, 4.69) is 86.3 Å². The quantitative estimate of drug-likeness (QED) is 0.446. The molecule has 0 amide bonds. The molecular formula is C29H44. The highest BCUT2D eigenvalue weighted by molar-refractivity contribution is 5.78. The average molecular weight is 393 g/mol. The molecule has 0 spiro atoms. The molecule has 0 fully saturated rings. The van der Waals surface area contributed by atoms with Crippen LogP contribution in [0.25, 0.3) is 16.7 Å². The van der Waals surface area contributed by atoms with Gasteiger partial charge in [0.25, 0.3) is 0 Å². The Balaban J connectivity index is 0. The molecule has 0 N–H and O–H groups in total. The van der Waals surface area contributed by atoms with Crippen LogP contribution in [0.1, 0.15) is 74.3 Å². The van der Waals surface area contributed by atoms with Gasteiger partial charge in [-0.15, -0.1) is 6.58 Å². The lowest BCUT2D eigenvalue weighted by Crippen LogP contribution is -1.95. The average Bonchev–Trinajstić information content (AvgIpc) is 2.78. The third-order valence-corrected chi connectivity index (χ3v) is 3.57. The first-order valence-electron chi connectivity index (χ1n) is 11.2. The Morgan fingerprint density at radius 3 is 1.76 bits per heavy atom. The van der Waals surface area contributed by atoms with Gasteiger partial charge >= 0.3 is 0 Å². The first kappa shape index (κ1) is 28.9. The minimum Gasteiger partial charge on any atom is -0.100 e. The zero-order valence-electron chi connectivity index (χ0n) is 20.4. The second-order valence-electron chi connectivity index (χ2n) is 6.39. The van der Waals surface area contributed by atoms with Gasteiger partial charge in [0.15, 0.2) is 0 Å². The minimum atomic E-state index is 0.639. The van der Waals surface area contributed by atoms with Crippen LogP contribution in [-0.2, 0) is 0 Å². The van der Waals surface area contributed by atoms with E-state index in [9.17, 15) is 0 Å². The van der Waals surface area contributed by atoms with Crippen LogP contribution in [0.5, 0.6) is 0 Å². The molecule has 0 bridgehead atoms. The molecule has 29 heavy (non-hydrogen) atoms. The summed E-state index contributed by atoms with van der Waals surface area (Å²) in [5.41, 5.74) is 6.38. The Labute approximate surface area is 182 Å². The van der Waals surface area contributed by atoms with E-state index < -0.39 is 0 Å². The first-order chi connectivity index (χ1) is 14.1. The minimum absolute atomic E-state index is 0.639. The molecule has 0 saturated carbocycles. The second-order valence-corrected chi connectivity index (χ2v) is 6.39. The summed E-state index contributed by atoms with van der Waals surface area (Å²) in [7, 11) is 0. The molecule has 0 heterocycles. The molecular weight excluding hydrogens is 348 g/mol. The fraction of sp³-hybridized carbons (Fsp3) is 0.379. The van der Waals surface area contributed by atoms with Gasteiger partial charge in [-0.25, -0.2) is 0 Å². The highest BCUT2D eigenvalue weighted by Gasteiger charge is 2.07. The number of hydrogen-bond donors (Lipinski definition) is 0. The molecule has 1 unspecified atom stereocenters. The summed E-state index contributed by atoms with van der Waals surface area (Å²) < 4.78 is 0. The molecule has 0 saturated heterocycles. The van der Waals surface area contributed by atoms with Crippen molar-refractivity contribution in [3.63, 3.8) is 0 Å². The van der Waals surface area contributed by atoms with Crippen molar-refractivity contribution in [3.05, 3.63) is 90.5 Å². The van der Waals surface area contributed by atoms with Gasteiger partial charge in [0, 0.05) is 0 Å². The van der Waals surface area contributed by atoms with Crippen molar-refractivity contribution in [1.29, 1.82) is 0 Å². The normalized spacial score (nSPS) is 13.4. The van der Waals surface area contributed by atoms with Gasteiger partial charge < -0.3 is 0 Å². The van der Waals surface area contributed by atoms with Crippen LogP contribution in [0.2, 0.25) is 0 Å². The first-order valence-corrected chi connectivity index (χ1v) is 11.2. The summed E-state index contributed by atoms with van der Waals surface area (Å²) in [4.78, 5) is 0. The van der Waals surface area contributed by atoms with E-state index in [0.717, 1.165) is 6.42 Å². The van der Waals surface area contributed by atoms with Gasteiger partial charge in [-0.2, -0.15) is 0 Å². The third-order valence-electron chi connectivity index (χ3n) is 3.57. The highest BCUT2D eigenvalue weighted by atomic mass is 14.1. The maximum atomic E-state index is 3.56. The summed E-state index contributed by atoms with van der Waals surface area (Å²) in [6, 6.07) is 19.3. The molecule has 2 aromatic rings. The number of hydrogen-bond acceptors (Lipinski definition) is 0. The van der Waals surface area contributed by atoms with Gasteiger partial charge in [-0.1, -0.05) is 121 Å².